The molecule has 0 unspecified atom stereocenters. The summed E-state index contributed by atoms with van der Waals surface area (Å²) in [7, 11) is 0. The molecular weight excluding hydrogens is 167 g/mol. The molecule has 0 rings (SSSR count). The smallest absolute Gasteiger partial charge is 1.00 e. The van der Waals surface area contributed by atoms with E-state index in [1.165, 1.54) is 0 Å². The molecule has 0 aromatic carbocycles. The van der Waals surface area contributed by atoms with E-state index in [0.29, 0.717) is 0 Å². The van der Waals surface area contributed by atoms with Crippen molar-refractivity contribution in [3.63, 3.8) is 0 Å². The van der Waals surface area contributed by atoms with Gasteiger partial charge < -0.3 is 35.8 Å². The van der Waals surface area contributed by atoms with E-state index in [-0.39, 0.29) is 96.6 Å². The van der Waals surface area contributed by atoms with Crippen LogP contribution in [0.5, 0.6) is 0 Å². The Morgan fingerprint density at radius 3 is 0.667 bits per heavy atom. The van der Waals surface area contributed by atoms with Gasteiger partial charge in [0, 0.05) is 0 Å². The molecule has 0 amide bonds. The third-order valence-corrected chi connectivity index (χ3v) is 0. The van der Waals surface area contributed by atoms with E-state index in [4.69, 9.17) is 0 Å². The van der Waals surface area contributed by atoms with Gasteiger partial charge in [-0.1, -0.05) is 0 Å². The van der Waals surface area contributed by atoms with Gasteiger partial charge in [-0.25, -0.2) is 0 Å². The maximum Gasteiger partial charge on any atom is 2.00 e. The van der Waals surface area contributed by atoms with Crippen LogP contribution in [0.4, 0.5) is 0 Å². The summed E-state index contributed by atoms with van der Waals surface area (Å²) in [6.45, 7) is 0. The minimum absolute atomic E-state index is 0. The van der Waals surface area contributed by atoms with Gasteiger partial charge in [0.15, 0.2) is 0 Å². The van der Waals surface area contributed by atoms with Crippen LogP contribution in [-0.2, 0) is 0 Å². The van der Waals surface area contributed by atoms with Gasteiger partial charge in [-0.05, 0) is 0 Å². The molecule has 2 nitrogen and oxygen atoms in total. The Morgan fingerprint density at radius 1 is 0.667 bits per heavy atom. The van der Waals surface area contributed by atoms with E-state index in [0.717, 1.165) is 0 Å². The first-order valence-electron chi connectivity index (χ1n) is 0. The van der Waals surface area contributed by atoms with Crippen molar-refractivity contribution >= 4 is 60.8 Å². The number of hydrogen-bond acceptors (Lipinski definition) is 0. The van der Waals surface area contributed by atoms with Crippen LogP contribution in [0.15, 0.2) is 0 Å². The molecule has 0 bridgehead atoms. The van der Waals surface area contributed by atoms with Gasteiger partial charge in [0.25, 0.3) is 0 Å². The van der Waals surface area contributed by atoms with E-state index < -0.39 is 0 Å². The second-order valence-corrected chi connectivity index (χ2v) is 0. The monoisotopic (exact) mass is 170 g/mol. The minimum Gasteiger partial charge on any atom is -1.00 e. The quantitative estimate of drug-likeness (QED) is 0.325. The topological polar surface area (TPSA) is 63.0 Å². The molecule has 0 saturated heterocycles. The Bertz CT molecular complexity index is 11.5. The normalized spacial score (nSPS) is 0. The first-order valence-corrected chi connectivity index (χ1v) is 0. The van der Waals surface area contributed by atoms with Crippen molar-refractivity contribution < 1.29 is 35.8 Å². The second kappa shape index (κ2) is 50.2. The van der Waals surface area contributed by atoms with Crippen molar-refractivity contribution in [1.82, 2.24) is 0 Å². The predicted molar refractivity (Wildman–Crippen MR) is 18.7 cm³/mol. The second-order valence-electron chi connectivity index (χ2n) is 0. The molecule has 0 aliphatic carbocycles. The van der Waals surface area contributed by atoms with Crippen LogP contribution in [0, 0.1) is 0 Å². The summed E-state index contributed by atoms with van der Waals surface area (Å²) < 4.78 is 0. The van der Waals surface area contributed by atoms with Crippen LogP contribution in [-0.4, -0.2) is 71.7 Å². The van der Waals surface area contributed by atoms with Crippen molar-refractivity contribution in [3.8, 4) is 0 Å². The third-order valence-electron chi connectivity index (χ3n) is 0. The average Bonchev–Trinajstić information content (AvgIpc) is 0. The summed E-state index contributed by atoms with van der Waals surface area (Å²) in [6.07, 6.45) is 0. The maximum atomic E-state index is 0. The molecule has 0 fully saturated rings. The molecule has 0 heterocycles. The summed E-state index contributed by atoms with van der Waals surface area (Å²) in [5.74, 6) is 0. The zero-order chi connectivity index (χ0) is 0. The molecule has 0 aromatic rings. The zero-order valence-electron chi connectivity index (χ0n) is 3.17. The van der Waals surface area contributed by atoms with E-state index in [9.17, 15) is 0 Å². The summed E-state index contributed by atoms with van der Waals surface area (Å²) in [4.78, 5) is 0. The molecule has 0 atom stereocenters. The largest absolute Gasteiger partial charge is 2.00 e. The first-order chi connectivity index (χ1) is 0. The van der Waals surface area contributed by atoms with Gasteiger partial charge >= 0.3 is 60.8 Å². The van der Waals surface area contributed by atoms with Crippen LogP contribution >= 0.6 is 0 Å². The molecule has 6 heteroatoms. The molecule has 4 N–H and O–H groups in total. The number of rotatable bonds is 0. The van der Waals surface area contributed by atoms with Crippen molar-refractivity contribution in [2.75, 3.05) is 0 Å². The van der Waals surface area contributed by atoms with Crippen LogP contribution in [0.1, 0.15) is 0 Å². The fraction of sp³-hybridized carbons (Fsp3) is 0. The Morgan fingerprint density at radius 2 is 0.667 bits per heavy atom. The van der Waals surface area contributed by atoms with Crippen molar-refractivity contribution in [3.05, 3.63) is 0 Å². The molecule has 0 aliphatic heterocycles. The SMILES string of the molecule is O.O.[Ca+2].[Cl-].[Cl-].[Mg+2]. The van der Waals surface area contributed by atoms with Crippen LogP contribution in [0.2, 0.25) is 0 Å². The standard InChI is InChI=1S/Ca.2ClH.Mg.2H2O/h;2*1H;;2*1H2/q+2;;;+2;;/p-2. The van der Waals surface area contributed by atoms with Crippen LogP contribution < -0.4 is 24.8 Å². The van der Waals surface area contributed by atoms with Gasteiger partial charge in [0.05, 0.1) is 0 Å². The molecule has 0 aromatic heterocycles. The fourth-order valence-electron chi connectivity index (χ4n) is 0. The summed E-state index contributed by atoms with van der Waals surface area (Å²) in [6, 6.07) is 0. The molecule has 0 aliphatic rings. The van der Waals surface area contributed by atoms with Crippen LogP contribution in [0.3, 0.4) is 0 Å². The molecule has 32 valence electrons. The van der Waals surface area contributed by atoms with E-state index in [1.807, 2.05) is 0 Å². The Balaban J connectivity index is 0. The Hall–Kier alpha value is 2.53. The maximum absolute atomic E-state index is 0. The van der Waals surface area contributed by atoms with E-state index in [2.05, 4.69) is 0 Å². The Kier molecular flexibility index (Phi) is 634. The molecular formula is H4CaCl2MgO2+2. The first kappa shape index (κ1) is 75.7. The molecule has 6 heavy (non-hydrogen) atoms. The van der Waals surface area contributed by atoms with E-state index in [1.54, 1.807) is 0 Å². The number of halogens is 2. The zero-order valence-corrected chi connectivity index (χ0v) is 8.30. The van der Waals surface area contributed by atoms with Crippen molar-refractivity contribution in [2.45, 2.75) is 0 Å². The molecule has 0 spiro atoms. The van der Waals surface area contributed by atoms with Gasteiger partial charge in [-0.15, -0.1) is 0 Å². The summed E-state index contributed by atoms with van der Waals surface area (Å²) in [5.41, 5.74) is 0. The van der Waals surface area contributed by atoms with Gasteiger partial charge in [0.2, 0.25) is 0 Å². The van der Waals surface area contributed by atoms with Crippen molar-refractivity contribution in [1.29, 1.82) is 0 Å². The van der Waals surface area contributed by atoms with Crippen LogP contribution in [0.25, 0.3) is 0 Å². The Labute approximate surface area is 95.0 Å². The molecule has 0 radical (unpaired) electrons. The number of hydrogen-bond donors (Lipinski definition) is 0. The average molecular weight is 171 g/mol. The molecule has 0 saturated carbocycles. The van der Waals surface area contributed by atoms with Gasteiger partial charge in [0.1, 0.15) is 0 Å². The van der Waals surface area contributed by atoms with Gasteiger partial charge in [-0.3, -0.25) is 0 Å². The summed E-state index contributed by atoms with van der Waals surface area (Å²) >= 11 is 0. The minimum atomic E-state index is 0. The van der Waals surface area contributed by atoms with Gasteiger partial charge in [-0.2, -0.15) is 0 Å². The summed E-state index contributed by atoms with van der Waals surface area (Å²) in [5, 5.41) is 0. The van der Waals surface area contributed by atoms with E-state index >= 15 is 0 Å². The predicted octanol–water partition coefficient (Wildman–Crippen LogP) is -8.40. The third kappa shape index (κ3) is 31.2. The fourth-order valence-corrected chi connectivity index (χ4v) is 0. The van der Waals surface area contributed by atoms with Crippen molar-refractivity contribution in [2.24, 2.45) is 0 Å².